The van der Waals surface area contributed by atoms with Crippen LogP contribution in [0.1, 0.15) is 81.7 Å². The molecule has 1 unspecified atom stereocenters. The Balaban J connectivity index is 1.24. The zero-order chi connectivity index (χ0) is 36.2. The van der Waals surface area contributed by atoms with Gasteiger partial charge in [0.2, 0.25) is 0 Å². The normalized spacial score (nSPS) is 19.6. The molecule has 1 aliphatic heterocycles. The quantitative estimate of drug-likeness (QED) is 0.158. The average Bonchev–Trinajstić information content (AvgIpc) is 3.84. The number of hydrogen-bond donors (Lipinski definition) is 1. The van der Waals surface area contributed by atoms with Crippen molar-refractivity contribution in [2.75, 3.05) is 20.2 Å². The molecule has 3 heterocycles. The molecule has 2 aliphatic rings. The zero-order valence-corrected chi connectivity index (χ0v) is 31.6. The van der Waals surface area contributed by atoms with Crippen molar-refractivity contribution in [1.29, 1.82) is 0 Å². The molecule has 2 aromatic heterocycles. The Bertz CT molecular complexity index is 2110. The molecule has 5 aromatic rings. The molecule has 3 aromatic carbocycles. The van der Waals surface area contributed by atoms with Crippen LogP contribution in [0.2, 0.25) is 5.02 Å². The summed E-state index contributed by atoms with van der Waals surface area (Å²) in [6.07, 6.45) is 3.70. The minimum Gasteiger partial charge on any atom is -0.479 e. The molecular formula is C40H45ClN4O5S. The first-order valence-corrected chi connectivity index (χ1v) is 18.9. The van der Waals surface area contributed by atoms with Gasteiger partial charge in [-0.1, -0.05) is 23.7 Å². The summed E-state index contributed by atoms with van der Waals surface area (Å²) in [4.78, 5) is 32.6. The van der Waals surface area contributed by atoms with Crippen molar-refractivity contribution >= 4 is 56.0 Å². The summed E-state index contributed by atoms with van der Waals surface area (Å²) in [6.45, 7) is 9.51. The third-order valence-corrected chi connectivity index (χ3v) is 11.9. The minimum absolute atomic E-state index is 0.0200. The Kier molecular flexibility index (Phi) is 9.73. The number of hydrogen-bond acceptors (Lipinski definition) is 8. The number of aryl methyl sites for hydroxylation is 2. The predicted octanol–water partition coefficient (Wildman–Crippen LogP) is 8.94. The number of thiazole rings is 1. The summed E-state index contributed by atoms with van der Waals surface area (Å²) < 4.78 is 14.1. The SMILES string of the molecule is COC(=O)C1CC[C@@H](N2CCC(c3nn(C)c4ccc(-c5nc6cc(C)c([C@H](OC(C)(C)C)C(=O)O)c(-c7ccc(Cl)cc7)c6s5)cc34)CC2)C1. The van der Waals surface area contributed by atoms with Crippen molar-refractivity contribution in [1.82, 2.24) is 19.7 Å². The number of carbonyl (C=O) groups excluding carboxylic acids is 1. The van der Waals surface area contributed by atoms with Crippen LogP contribution in [0, 0.1) is 12.8 Å². The third kappa shape index (κ3) is 7.03. The Hall–Kier alpha value is -3.83. The highest BCUT2D eigenvalue weighted by Crippen LogP contribution is 2.45. The van der Waals surface area contributed by atoms with E-state index in [1.165, 1.54) is 7.11 Å². The van der Waals surface area contributed by atoms with Gasteiger partial charge in [-0.25, -0.2) is 9.78 Å². The van der Waals surface area contributed by atoms with Crippen molar-refractivity contribution in [2.24, 2.45) is 13.0 Å². The van der Waals surface area contributed by atoms with Gasteiger partial charge < -0.3 is 19.5 Å². The lowest BCUT2D eigenvalue weighted by Crippen LogP contribution is -2.40. The number of aliphatic carboxylic acids is 1. The van der Waals surface area contributed by atoms with E-state index in [-0.39, 0.29) is 11.9 Å². The number of nitrogens with zero attached hydrogens (tertiary/aromatic N) is 4. The van der Waals surface area contributed by atoms with Crippen LogP contribution < -0.4 is 0 Å². The molecule has 0 bridgehead atoms. The van der Waals surface area contributed by atoms with Crippen molar-refractivity contribution in [3.05, 3.63) is 70.4 Å². The summed E-state index contributed by atoms with van der Waals surface area (Å²) in [7, 11) is 3.49. The summed E-state index contributed by atoms with van der Waals surface area (Å²) in [6, 6.07) is 16.4. The molecule has 1 aliphatic carbocycles. The van der Waals surface area contributed by atoms with Crippen LogP contribution >= 0.6 is 22.9 Å². The second kappa shape index (κ2) is 14.0. The molecule has 2 fully saturated rings. The first-order valence-electron chi connectivity index (χ1n) is 17.7. The van der Waals surface area contributed by atoms with Gasteiger partial charge in [-0.05, 0) is 120 Å². The fourth-order valence-electron chi connectivity index (χ4n) is 8.10. The van der Waals surface area contributed by atoms with Gasteiger partial charge in [0.1, 0.15) is 5.01 Å². The number of methoxy groups -OCH3 is 1. The number of halogens is 1. The van der Waals surface area contributed by atoms with E-state index in [9.17, 15) is 14.7 Å². The van der Waals surface area contributed by atoms with Gasteiger partial charge in [0.05, 0.1) is 40.1 Å². The fourth-order valence-corrected chi connectivity index (χ4v) is 9.34. The van der Waals surface area contributed by atoms with Crippen LogP contribution in [0.25, 0.3) is 42.8 Å². The Morgan fingerprint density at radius 1 is 1.02 bits per heavy atom. The van der Waals surface area contributed by atoms with Gasteiger partial charge >= 0.3 is 11.9 Å². The van der Waals surface area contributed by atoms with Crippen LogP contribution in [-0.4, -0.2) is 68.6 Å². The lowest BCUT2D eigenvalue weighted by molar-refractivity contribution is -0.160. The topological polar surface area (TPSA) is 107 Å². The van der Waals surface area contributed by atoms with Gasteiger partial charge in [0, 0.05) is 46.1 Å². The molecule has 0 radical (unpaired) electrons. The number of benzene rings is 3. The predicted molar refractivity (Wildman–Crippen MR) is 202 cm³/mol. The summed E-state index contributed by atoms with van der Waals surface area (Å²) in [5, 5.41) is 18.1. The van der Waals surface area contributed by atoms with E-state index in [0.717, 1.165) is 99.3 Å². The number of aromatic nitrogens is 3. The third-order valence-electron chi connectivity index (χ3n) is 10.5. The van der Waals surface area contributed by atoms with Crippen molar-refractivity contribution < 1.29 is 24.2 Å². The van der Waals surface area contributed by atoms with Crippen molar-refractivity contribution in [2.45, 2.75) is 83.5 Å². The first kappa shape index (κ1) is 35.6. The molecule has 7 rings (SSSR count). The molecule has 11 heteroatoms. The number of carboxylic acid groups (broad SMARTS) is 1. The molecule has 3 atom stereocenters. The minimum atomic E-state index is -1.17. The largest absolute Gasteiger partial charge is 0.479 e. The standard InChI is InChI=1S/C40H45ClN4O5S/c1-22-19-30-36(33(23-7-11-27(41)12-8-23)32(22)35(38(46)47)50-40(2,3)4)51-37(42-30)25-10-14-31-29(21-25)34(43-44(31)5)24-15-17-45(18-16-24)28-13-9-26(20-28)39(48)49-6/h7-8,10-12,14,19,21,24,26,28,35H,9,13,15-18,20H2,1-6H3,(H,46,47)/t26?,28-,35+/m1/s1. The highest BCUT2D eigenvalue weighted by Gasteiger charge is 2.36. The van der Waals surface area contributed by atoms with Gasteiger partial charge in [-0.2, -0.15) is 5.10 Å². The summed E-state index contributed by atoms with van der Waals surface area (Å²) >= 11 is 7.86. The molecule has 0 amide bonds. The van der Waals surface area contributed by atoms with Gasteiger partial charge in [-0.3, -0.25) is 9.48 Å². The second-order valence-electron chi connectivity index (χ2n) is 15.0. The maximum absolute atomic E-state index is 12.8. The lowest BCUT2D eigenvalue weighted by Gasteiger charge is -2.35. The first-order chi connectivity index (χ1) is 24.3. The molecule has 51 heavy (non-hydrogen) atoms. The van der Waals surface area contributed by atoms with E-state index in [1.807, 2.05) is 69.8 Å². The van der Waals surface area contributed by atoms with E-state index in [2.05, 4.69) is 23.1 Å². The van der Waals surface area contributed by atoms with Crippen LogP contribution in [0.4, 0.5) is 0 Å². The van der Waals surface area contributed by atoms with Crippen molar-refractivity contribution in [3.8, 4) is 21.7 Å². The Morgan fingerprint density at radius 3 is 2.39 bits per heavy atom. The van der Waals surface area contributed by atoms with Crippen LogP contribution in [-0.2, 0) is 26.1 Å². The Morgan fingerprint density at radius 2 is 1.73 bits per heavy atom. The number of esters is 1. The summed E-state index contributed by atoms with van der Waals surface area (Å²) in [5.41, 5.74) is 6.41. The van der Waals surface area contributed by atoms with Crippen LogP contribution in [0.5, 0.6) is 0 Å². The number of likely N-dealkylation sites (tertiary alicyclic amines) is 1. The molecule has 1 N–H and O–H groups in total. The maximum atomic E-state index is 12.8. The van der Waals surface area contributed by atoms with Crippen LogP contribution in [0.3, 0.4) is 0 Å². The average molecular weight is 729 g/mol. The summed E-state index contributed by atoms with van der Waals surface area (Å²) in [5.74, 6) is -0.758. The van der Waals surface area contributed by atoms with E-state index in [0.29, 0.717) is 22.5 Å². The molecular weight excluding hydrogens is 684 g/mol. The van der Waals surface area contributed by atoms with Crippen LogP contribution in [0.15, 0.2) is 48.5 Å². The van der Waals surface area contributed by atoms with E-state index < -0.39 is 17.7 Å². The van der Waals surface area contributed by atoms with Gasteiger partial charge in [0.25, 0.3) is 0 Å². The van der Waals surface area contributed by atoms with Gasteiger partial charge in [-0.15, -0.1) is 11.3 Å². The van der Waals surface area contributed by atoms with Crippen molar-refractivity contribution in [3.63, 3.8) is 0 Å². The Labute approximate surface area is 307 Å². The highest BCUT2D eigenvalue weighted by molar-refractivity contribution is 7.22. The molecule has 1 saturated heterocycles. The number of ether oxygens (including phenoxy) is 2. The highest BCUT2D eigenvalue weighted by atomic mass is 35.5. The molecule has 268 valence electrons. The molecule has 9 nitrogen and oxygen atoms in total. The van der Waals surface area contributed by atoms with E-state index in [4.69, 9.17) is 31.2 Å². The second-order valence-corrected chi connectivity index (χ2v) is 16.5. The van der Waals surface area contributed by atoms with E-state index in [1.54, 1.807) is 11.3 Å². The van der Waals surface area contributed by atoms with E-state index >= 15 is 0 Å². The van der Waals surface area contributed by atoms with Gasteiger partial charge in [0.15, 0.2) is 6.10 Å². The number of carboxylic acids is 1. The fraction of sp³-hybridized carbons (Fsp3) is 0.450. The molecule has 0 spiro atoms. The smallest absolute Gasteiger partial charge is 0.337 e. The lowest BCUT2D eigenvalue weighted by atomic mass is 9.90. The number of piperidine rings is 1. The molecule has 1 saturated carbocycles. The number of carbonyl (C=O) groups is 2. The zero-order valence-electron chi connectivity index (χ0n) is 30.0. The number of rotatable bonds is 8. The monoisotopic (exact) mass is 728 g/mol. The number of fused-ring (bicyclic) bond motifs is 2. The maximum Gasteiger partial charge on any atom is 0.337 e.